The fourth-order valence-electron chi connectivity index (χ4n) is 4.49. The van der Waals surface area contributed by atoms with E-state index in [-0.39, 0.29) is 6.04 Å². The lowest BCUT2D eigenvalue weighted by Crippen LogP contribution is -2.44. The maximum Gasteiger partial charge on any atom is 0.407 e. The van der Waals surface area contributed by atoms with Crippen LogP contribution in [0.25, 0.3) is 22.3 Å². The number of hydrogen-bond acceptors (Lipinski definition) is 7. The summed E-state index contributed by atoms with van der Waals surface area (Å²) in [6, 6.07) is 6.17. The molecule has 1 atom stereocenters. The Labute approximate surface area is 236 Å². The van der Waals surface area contributed by atoms with Crippen LogP contribution in [0.3, 0.4) is 0 Å². The van der Waals surface area contributed by atoms with Crippen molar-refractivity contribution >= 4 is 46.8 Å². The largest absolute Gasteiger partial charge is 0.465 e. The van der Waals surface area contributed by atoms with E-state index in [2.05, 4.69) is 34.7 Å². The first-order valence-electron chi connectivity index (χ1n) is 13.3. The molecule has 1 aliphatic rings. The second kappa shape index (κ2) is 12.1. The monoisotopic (exact) mass is 589 g/mol. The molecule has 1 fully saturated rings. The van der Waals surface area contributed by atoms with E-state index in [9.17, 15) is 18.3 Å². The van der Waals surface area contributed by atoms with Crippen molar-refractivity contribution in [2.24, 2.45) is 0 Å². The minimum Gasteiger partial charge on any atom is -0.465 e. The van der Waals surface area contributed by atoms with Gasteiger partial charge in [-0.15, -0.1) is 0 Å². The number of piperidine rings is 1. The van der Waals surface area contributed by atoms with Gasteiger partial charge >= 0.3 is 16.3 Å². The number of nitrogens with zero attached hydrogens (tertiary/aromatic N) is 5. The summed E-state index contributed by atoms with van der Waals surface area (Å²) in [6.07, 6.45) is 5.81. The molecule has 1 aliphatic heterocycles. The predicted molar refractivity (Wildman–Crippen MR) is 160 cm³/mol. The zero-order valence-electron chi connectivity index (χ0n) is 23.7. The number of rotatable bonds is 11. The number of carbonyl (C=O) groups is 1. The van der Waals surface area contributed by atoms with Crippen molar-refractivity contribution in [1.82, 2.24) is 23.7 Å². The molecule has 3 aromatic rings. The summed E-state index contributed by atoms with van der Waals surface area (Å²) < 4.78 is 36.4. The van der Waals surface area contributed by atoms with Gasteiger partial charge in [0.2, 0.25) is 0 Å². The van der Waals surface area contributed by atoms with Crippen molar-refractivity contribution in [2.75, 3.05) is 43.8 Å². The number of amides is 1. The lowest BCUT2D eigenvalue weighted by atomic mass is 10.0. The van der Waals surface area contributed by atoms with Crippen LogP contribution >= 0.6 is 0 Å². The summed E-state index contributed by atoms with van der Waals surface area (Å²) in [5, 5.41) is 14.0. The van der Waals surface area contributed by atoms with Gasteiger partial charge in [-0.3, -0.25) is 9.71 Å². The Balaban J connectivity index is 1.70. The summed E-state index contributed by atoms with van der Waals surface area (Å²) in [4.78, 5) is 22.3. The fraction of sp³-hybridized carbons (Fsp3) is 0.500. The summed E-state index contributed by atoms with van der Waals surface area (Å²) >= 11 is 0. The van der Waals surface area contributed by atoms with Gasteiger partial charge in [-0.25, -0.2) is 9.78 Å². The third-order valence-corrected chi connectivity index (χ3v) is 9.98. The first-order chi connectivity index (χ1) is 18.8. The van der Waals surface area contributed by atoms with E-state index in [0.29, 0.717) is 43.4 Å². The maximum absolute atomic E-state index is 12.4. The minimum absolute atomic E-state index is 0.110. The molecule has 12 nitrogen and oxygen atoms in total. The van der Waals surface area contributed by atoms with Gasteiger partial charge in [0.1, 0.15) is 12.4 Å². The first kappa shape index (κ1) is 29.8. The van der Waals surface area contributed by atoms with Crippen molar-refractivity contribution in [3.05, 3.63) is 36.8 Å². The van der Waals surface area contributed by atoms with Crippen molar-refractivity contribution in [3.63, 3.8) is 0 Å². The SMILES string of the molecule is CN(C)S(=O)(=O)Nc1ccnc(-c2cnc3c(ccn3COCC[Si](C)(C)C)c2N[C@@H]2CCCN(C(=O)O)C2)c1. The van der Waals surface area contributed by atoms with E-state index in [1.165, 1.54) is 19.0 Å². The molecule has 0 aliphatic carbocycles. The van der Waals surface area contributed by atoms with Crippen LogP contribution in [0.5, 0.6) is 0 Å². The maximum atomic E-state index is 12.4. The van der Waals surface area contributed by atoms with Gasteiger partial charge in [0.15, 0.2) is 0 Å². The number of ether oxygens (including phenoxy) is 1. The molecule has 4 heterocycles. The molecule has 1 amide bonds. The standard InChI is InChI=1S/C26H39N7O5SSi/c1-31(2)39(36,37)30-19-8-10-27-23(15-19)22-16-28-25-21(9-12-33(25)18-38-13-14-40(3,4)5)24(22)29-20-7-6-11-32(17-20)26(34)35/h8-10,12,15-16,20H,6-7,11,13-14,17-18H2,1-5H3,(H,27,30)(H,28,29)(H,34,35)/t20-/m1/s1. The third-order valence-electron chi connectivity index (χ3n) is 6.82. The average molecular weight is 590 g/mol. The van der Waals surface area contributed by atoms with Crippen LogP contribution < -0.4 is 10.0 Å². The van der Waals surface area contributed by atoms with Crippen LogP contribution in [0.1, 0.15) is 12.8 Å². The van der Waals surface area contributed by atoms with Crippen LogP contribution in [0, 0.1) is 0 Å². The number of carboxylic acid groups (broad SMARTS) is 1. The molecule has 14 heteroatoms. The molecule has 3 N–H and O–H groups in total. The minimum atomic E-state index is -3.70. The molecule has 4 rings (SSSR count). The molecule has 0 aromatic carbocycles. The Kier molecular flexibility index (Phi) is 9.02. The van der Waals surface area contributed by atoms with Crippen molar-refractivity contribution in [2.45, 2.75) is 51.3 Å². The Hall–Kier alpha value is -3.20. The molecule has 0 unspecified atom stereocenters. The van der Waals surface area contributed by atoms with Gasteiger partial charge in [0, 0.05) is 77.4 Å². The second-order valence-corrected chi connectivity index (χ2v) is 19.0. The molecule has 1 saturated heterocycles. The highest BCUT2D eigenvalue weighted by molar-refractivity contribution is 7.90. The van der Waals surface area contributed by atoms with Crippen LogP contribution in [0.4, 0.5) is 16.2 Å². The molecule has 0 radical (unpaired) electrons. The molecule has 0 spiro atoms. The zero-order valence-corrected chi connectivity index (χ0v) is 25.5. The summed E-state index contributed by atoms with van der Waals surface area (Å²) in [6.45, 7) is 8.86. The number of hydrogen-bond donors (Lipinski definition) is 3. The highest BCUT2D eigenvalue weighted by atomic mass is 32.2. The van der Waals surface area contributed by atoms with Crippen LogP contribution in [-0.2, 0) is 21.7 Å². The molecule has 3 aromatic heterocycles. The first-order valence-corrected chi connectivity index (χ1v) is 18.5. The zero-order chi connectivity index (χ0) is 29.1. The van der Waals surface area contributed by atoms with Crippen molar-refractivity contribution in [3.8, 4) is 11.3 Å². The van der Waals surface area contributed by atoms with Gasteiger partial charge < -0.3 is 24.6 Å². The van der Waals surface area contributed by atoms with E-state index in [1.54, 1.807) is 24.5 Å². The van der Waals surface area contributed by atoms with Crippen molar-refractivity contribution < 1.29 is 23.1 Å². The van der Waals surface area contributed by atoms with Gasteiger partial charge in [-0.1, -0.05) is 19.6 Å². The number of fused-ring (bicyclic) bond motifs is 1. The fourth-order valence-corrected chi connectivity index (χ4v) is 5.85. The predicted octanol–water partition coefficient (Wildman–Crippen LogP) is 4.18. The summed E-state index contributed by atoms with van der Waals surface area (Å²) in [5.74, 6) is 0. The Morgan fingerprint density at radius 1 is 1.25 bits per heavy atom. The number of aromatic nitrogens is 3. The topological polar surface area (TPSA) is 142 Å². The Bertz CT molecular complexity index is 1460. The number of anilines is 2. The number of likely N-dealkylation sites (tertiary alicyclic amines) is 1. The molecular weight excluding hydrogens is 550 g/mol. The molecular formula is C26H39N7O5SSi. The highest BCUT2D eigenvalue weighted by Gasteiger charge is 2.25. The van der Waals surface area contributed by atoms with E-state index < -0.39 is 24.4 Å². The number of nitrogens with one attached hydrogen (secondary N) is 2. The van der Waals surface area contributed by atoms with Gasteiger partial charge in [0.05, 0.1) is 17.1 Å². The molecule has 0 bridgehead atoms. The van der Waals surface area contributed by atoms with Gasteiger partial charge in [0.25, 0.3) is 0 Å². The van der Waals surface area contributed by atoms with E-state index >= 15 is 0 Å². The third kappa shape index (κ3) is 7.30. The molecule has 40 heavy (non-hydrogen) atoms. The van der Waals surface area contributed by atoms with Crippen LogP contribution in [-0.4, -0.2) is 91.3 Å². The van der Waals surface area contributed by atoms with Crippen molar-refractivity contribution in [1.29, 1.82) is 0 Å². The van der Waals surface area contributed by atoms with Gasteiger partial charge in [-0.2, -0.15) is 12.7 Å². The van der Waals surface area contributed by atoms with E-state index in [0.717, 1.165) is 39.9 Å². The summed E-state index contributed by atoms with van der Waals surface area (Å²) in [7, 11) is -2.01. The molecule has 0 saturated carbocycles. The van der Waals surface area contributed by atoms with E-state index in [1.807, 2.05) is 16.8 Å². The summed E-state index contributed by atoms with van der Waals surface area (Å²) in [5.41, 5.74) is 3.08. The normalized spacial score (nSPS) is 16.4. The van der Waals surface area contributed by atoms with Gasteiger partial charge in [-0.05, 0) is 37.1 Å². The highest BCUT2D eigenvalue weighted by Crippen LogP contribution is 2.35. The number of pyridine rings is 2. The Morgan fingerprint density at radius 2 is 2.02 bits per heavy atom. The smallest absolute Gasteiger partial charge is 0.407 e. The Morgan fingerprint density at radius 3 is 2.73 bits per heavy atom. The average Bonchev–Trinajstić information content (AvgIpc) is 3.29. The van der Waals surface area contributed by atoms with Crippen LogP contribution in [0.15, 0.2) is 36.8 Å². The lowest BCUT2D eigenvalue weighted by Gasteiger charge is -2.32. The molecule has 218 valence electrons. The van der Waals surface area contributed by atoms with E-state index in [4.69, 9.17) is 9.72 Å². The quantitative estimate of drug-likeness (QED) is 0.223. The lowest BCUT2D eigenvalue weighted by molar-refractivity contribution is 0.0899. The second-order valence-electron chi connectivity index (χ2n) is 11.4. The van der Waals surface area contributed by atoms with Crippen LogP contribution in [0.2, 0.25) is 25.7 Å².